The normalized spacial score (nSPS) is 9.91. The quantitative estimate of drug-likeness (QED) is 0.798. The van der Waals surface area contributed by atoms with E-state index >= 15 is 0 Å². The molecule has 0 heterocycles. The molecule has 2 aromatic rings. The SMILES string of the molecule is CNC(=O)c1cccc(OCCOc2ccc(OC)cc2)c1. The van der Waals surface area contributed by atoms with Crippen LogP contribution in [0.15, 0.2) is 48.5 Å². The maximum atomic E-state index is 11.5. The van der Waals surface area contributed by atoms with Gasteiger partial charge < -0.3 is 19.5 Å². The molecule has 0 atom stereocenters. The first-order valence-electron chi connectivity index (χ1n) is 6.94. The number of hydrogen-bond donors (Lipinski definition) is 1. The molecule has 5 nitrogen and oxygen atoms in total. The van der Waals surface area contributed by atoms with E-state index in [2.05, 4.69) is 5.32 Å². The third kappa shape index (κ3) is 4.41. The van der Waals surface area contributed by atoms with E-state index in [9.17, 15) is 4.79 Å². The Labute approximate surface area is 129 Å². The minimum Gasteiger partial charge on any atom is -0.497 e. The first-order chi connectivity index (χ1) is 10.7. The van der Waals surface area contributed by atoms with Crippen LogP contribution >= 0.6 is 0 Å². The lowest BCUT2D eigenvalue weighted by Crippen LogP contribution is -2.17. The van der Waals surface area contributed by atoms with E-state index in [1.54, 1.807) is 38.4 Å². The van der Waals surface area contributed by atoms with Gasteiger partial charge in [-0.15, -0.1) is 0 Å². The summed E-state index contributed by atoms with van der Waals surface area (Å²) in [6, 6.07) is 14.4. The summed E-state index contributed by atoms with van der Waals surface area (Å²) in [5.41, 5.74) is 0.566. The summed E-state index contributed by atoms with van der Waals surface area (Å²) < 4.78 is 16.2. The Bertz CT molecular complexity index is 610. The lowest BCUT2D eigenvalue weighted by atomic mass is 10.2. The van der Waals surface area contributed by atoms with Gasteiger partial charge in [0.05, 0.1) is 7.11 Å². The van der Waals surface area contributed by atoms with Crippen LogP contribution in [0, 0.1) is 0 Å². The van der Waals surface area contributed by atoms with Gasteiger partial charge in [-0.2, -0.15) is 0 Å². The van der Waals surface area contributed by atoms with Gasteiger partial charge in [0.2, 0.25) is 0 Å². The van der Waals surface area contributed by atoms with Crippen molar-refractivity contribution in [3.8, 4) is 17.2 Å². The molecule has 0 spiro atoms. The van der Waals surface area contributed by atoms with Crippen molar-refractivity contribution in [3.05, 3.63) is 54.1 Å². The van der Waals surface area contributed by atoms with Crippen molar-refractivity contribution in [1.82, 2.24) is 5.32 Å². The van der Waals surface area contributed by atoms with Gasteiger partial charge in [0.15, 0.2) is 0 Å². The average Bonchev–Trinajstić information content (AvgIpc) is 2.59. The second-order valence-electron chi connectivity index (χ2n) is 4.48. The fourth-order valence-electron chi connectivity index (χ4n) is 1.86. The van der Waals surface area contributed by atoms with E-state index in [1.165, 1.54) is 0 Å². The summed E-state index contributed by atoms with van der Waals surface area (Å²) in [7, 11) is 3.22. The van der Waals surface area contributed by atoms with Crippen LogP contribution in [-0.4, -0.2) is 33.3 Å². The minimum absolute atomic E-state index is 0.139. The van der Waals surface area contributed by atoms with Crippen LogP contribution in [0.5, 0.6) is 17.2 Å². The lowest BCUT2D eigenvalue weighted by molar-refractivity contribution is 0.0962. The van der Waals surface area contributed by atoms with Crippen molar-refractivity contribution >= 4 is 5.91 Å². The number of benzene rings is 2. The van der Waals surface area contributed by atoms with Crippen molar-refractivity contribution < 1.29 is 19.0 Å². The van der Waals surface area contributed by atoms with Gasteiger partial charge in [-0.3, -0.25) is 4.79 Å². The highest BCUT2D eigenvalue weighted by Gasteiger charge is 2.04. The summed E-state index contributed by atoms with van der Waals surface area (Å²) >= 11 is 0. The summed E-state index contributed by atoms with van der Waals surface area (Å²) in [5.74, 6) is 2.04. The van der Waals surface area contributed by atoms with Crippen molar-refractivity contribution in [1.29, 1.82) is 0 Å². The zero-order chi connectivity index (χ0) is 15.8. The number of rotatable bonds is 7. The molecule has 0 bridgehead atoms. The van der Waals surface area contributed by atoms with Crippen molar-refractivity contribution in [3.63, 3.8) is 0 Å². The molecule has 2 aromatic carbocycles. The van der Waals surface area contributed by atoms with Crippen LogP contribution < -0.4 is 19.5 Å². The van der Waals surface area contributed by atoms with E-state index < -0.39 is 0 Å². The van der Waals surface area contributed by atoms with Gasteiger partial charge in [0, 0.05) is 12.6 Å². The summed E-state index contributed by atoms with van der Waals surface area (Å²) in [5, 5.41) is 2.58. The van der Waals surface area contributed by atoms with E-state index in [0.717, 1.165) is 11.5 Å². The van der Waals surface area contributed by atoms with Gasteiger partial charge >= 0.3 is 0 Å². The first-order valence-corrected chi connectivity index (χ1v) is 6.94. The zero-order valence-electron chi connectivity index (χ0n) is 12.7. The monoisotopic (exact) mass is 301 g/mol. The molecular weight excluding hydrogens is 282 g/mol. The summed E-state index contributed by atoms with van der Waals surface area (Å²) in [6.07, 6.45) is 0. The molecule has 0 saturated carbocycles. The molecular formula is C17H19NO4. The fourth-order valence-corrected chi connectivity index (χ4v) is 1.86. The van der Waals surface area contributed by atoms with Crippen molar-refractivity contribution in [2.24, 2.45) is 0 Å². The molecule has 0 aliphatic heterocycles. The van der Waals surface area contributed by atoms with Gasteiger partial charge in [-0.25, -0.2) is 0 Å². The Balaban J connectivity index is 1.79. The van der Waals surface area contributed by atoms with Gasteiger partial charge in [-0.1, -0.05) is 6.07 Å². The number of carbonyl (C=O) groups excluding carboxylic acids is 1. The molecule has 0 saturated heterocycles. The molecule has 0 aromatic heterocycles. The van der Waals surface area contributed by atoms with Crippen LogP contribution in [0.1, 0.15) is 10.4 Å². The number of methoxy groups -OCH3 is 1. The highest BCUT2D eigenvalue weighted by molar-refractivity contribution is 5.94. The topological polar surface area (TPSA) is 56.8 Å². The number of hydrogen-bond acceptors (Lipinski definition) is 4. The van der Waals surface area contributed by atoms with E-state index in [4.69, 9.17) is 14.2 Å². The van der Waals surface area contributed by atoms with Crippen LogP contribution in [0.4, 0.5) is 0 Å². The largest absolute Gasteiger partial charge is 0.497 e. The van der Waals surface area contributed by atoms with Gasteiger partial charge in [0.1, 0.15) is 30.5 Å². The molecule has 116 valence electrons. The van der Waals surface area contributed by atoms with E-state index in [1.807, 2.05) is 24.3 Å². The Morgan fingerprint density at radius 2 is 1.59 bits per heavy atom. The molecule has 0 aliphatic carbocycles. The van der Waals surface area contributed by atoms with Gasteiger partial charge in [0.25, 0.3) is 5.91 Å². The number of ether oxygens (including phenoxy) is 3. The Morgan fingerprint density at radius 3 is 2.23 bits per heavy atom. The molecule has 0 unspecified atom stereocenters. The van der Waals surface area contributed by atoms with Crippen LogP contribution in [0.25, 0.3) is 0 Å². The highest BCUT2D eigenvalue weighted by Crippen LogP contribution is 2.17. The molecule has 0 aliphatic rings. The third-order valence-electron chi connectivity index (χ3n) is 3.00. The molecule has 1 amide bonds. The van der Waals surface area contributed by atoms with E-state index in [-0.39, 0.29) is 5.91 Å². The minimum atomic E-state index is -0.139. The van der Waals surface area contributed by atoms with Crippen molar-refractivity contribution in [2.75, 3.05) is 27.4 Å². The zero-order valence-corrected chi connectivity index (χ0v) is 12.7. The smallest absolute Gasteiger partial charge is 0.251 e. The first kappa shape index (κ1) is 15.7. The molecule has 1 N–H and O–H groups in total. The second-order valence-corrected chi connectivity index (χ2v) is 4.48. The van der Waals surface area contributed by atoms with Crippen LogP contribution in [0.2, 0.25) is 0 Å². The number of nitrogens with one attached hydrogen (secondary N) is 1. The van der Waals surface area contributed by atoms with Crippen LogP contribution in [-0.2, 0) is 0 Å². The molecule has 2 rings (SSSR count). The average molecular weight is 301 g/mol. The maximum absolute atomic E-state index is 11.5. The predicted molar refractivity (Wildman–Crippen MR) is 83.8 cm³/mol. The van der Waals surface area contributed by atoms with Crippen molar-refractivity contribution in [2.45, 2.75) is 0 Å². The standard InChI is InChI=1S/C17H19NO4/c1-18-17(19)13-4-3-5-16(12-13)22-11-10-21-15-8-6-14(20-2)7-9-15/h3-9,12H,10-11H2,1-2H3,(H,18,19). The second kappa shape index (κ2) is 7.93. The fraction of sp³-hybridized carbons (Fsp3) is 0.235. The molecule has 0 radical (unpaired) electrons. The number of carbonyl (C=O) groups is 1. The summed E-state index contributed by atoms with van der Waals surface area (Å²) in [4.78, 5) is 11.5. The molecule has 22 heavy (non-hydrogen) atoms. The summed E-state index contributed by atoms with van der Waals surface area (Å²) in [6.45, 7) is 0.805. The van der Waals surface area contributed by atoms with E-state index in [0.29, 0.717) is 24.5 Å². The molecule has 0 fully saturated rings. The Morgan fingerprint density at radius 1 is 0.955 bits per heavy atom. The Hall–Kier alpha value is -2.69. The lowest BCUT2D eigenvalue weighted by Gasteiger charge is -2.09. The Kier molecular flexibility index (Phi) is 5.65. The molecule has 5 heteroatoms. The predicted octanol–water partition coefficient (Wildman–Crippen LogP) is 2.51. The third-order valence-corrected chi connectivity index (χ3v) is 3.00. The van der Waals surface area contributed by atoms with Crippen LogP contribution in [0.3, 0.4) is 0 Å². The highest BCUT2D eigenvalue weighted by atomic mass is 16.5. The number of amides is 1. The maximum Gasteiger partial charge on any atom is 0.251 e. The van der Waals surface area contributed by atoms with Gasteiger partial charge in [-0.05, 0) is 42.5 Å².